The van der Waals surface area contributed by atoms with Crippen molar-refractivity contribution in [1.29, 1.82) is 0 Å². The largest absolute Gasteiger partial charge is 0.481 e. The minimum atomic E-state index is -0.757. The molecule has 0 saturated carbocycles. The number of hydrogen-bond acceptors (Lipinski definition) is 2. The van der Waals surface area contributed by atoms with E-state index in [-0.39, 0.29) is 11.8 Å². The summed E-state index contributed by atoms with van der Waals surface area (Å²) in [5.41, 5.74) is 2.64. The quantitative estimate of drug-likeness (QED) is 0.730. The van der Waals surface area contributed by atoms with Crippen molar-refractivity contribution < 1.29 is 9.90 Å². The second-order valence-corrected chi connectivity index (χ2v) is 5.25. The Morgan fingerprint density at radius 3 is 2.39 bits per heavy atom. The predicted molar refractivity (Wildman–Crippen MR) is 74.0 cm³/mol. The number of carboxylic acid groups (broad SMARTS) is 1. The van der Waals surface area contributed by atoms with Gasteiger partial charge >= 0.3 is 5.97 Å². The SMILES string of the molecule is CCc1ccc(C(C)(C)CNCCC(=O)O)cc1. The Bertz CT molecular complexity index is 382. The maximum absolute atomic E-state index is 10.4. The fourth-order valence-electron chi connectivity index (χ4n) is 1.89. The molecule has 0 saturated heterocycles. The molecule has 0 fully saturated rings. The van der Waals surface area contributed by atoms with Crippen LogP contribution in [0.4, 0.5) is 0 Å². The summed E-state index contributed by atoms with van der Waals surface area (Å²) in [6, 6.07) is 8.65. The van der Waals surface area contributed by atoms with Crippen LogP contribution in [0.2, 0.25) is 0 Å². The molecule has 3 nitrogen and oxygen atoms in total. The summed E-state index contributed by atoms with van der Waals surface area (Å²) in [4.78, 5) is 10.4. The zero-order valence-corrected chi connectivity index (χ0v) is 11.5. The molecule has 3 heteroatoms. The first-order valence-electron chi connectivity index (χ1n) is 6.47. The van der Waals surface area contributed by atoms with E-state index in [1.54, 1.807) is 0 Å². The van der Waals surface area contributed by atoms with Crippen molar-refractivity contribution in [3.8, 4) is 0 Å². The summed E-state index contributed by atoms with van der Waals surface area (Å²) in [5, 5.41) is 11.8. The first-order valence-corrected chi connectivity index (χ1v) is 6.47. The van der Waals surface area contributed by atoms with Gasteiger partial charge in [-0.25, -0.2) is 0 Å². The fourth-order valence-corrected chi connectivity index (χ4v) is 1.89. The summed E-state index contributed by atoms with van der Waals surface area (Å²) in [6.45, 7) is 7.79. The predicted octanol–water partition coefficient (Wildman–Crippen LogP) is 2.59. The molecule has 1 aromatic rings. The van der Waals surface area contributed by atoms with Crippen molar-refractivity contribution >= 4 is 5.97 Å². The molecule has 0 aliphatic heterocycles. The molecule has 100 valence electrons. The van der Waals surface area contributed by atoms with Gasteiger partial charge in [0.15, 0.2) is 0 Å². The van der Waals surface area contributed by atoms with Crippen LogP contribution < -0.4 is 5.32 Å². The van der Waals surface area contributed by atoms with E-state index in [4.69, 9.17) is 5.11 Å². The average Bonchev–Trinajstić information content (AvgIpc) is 2.34. The minimum absolute atomic E-state index is 0.0186. The highest BCUT2D eigenvalue weighted by Gasteiger charge is 2.19. The van der Waals surface area contributed by atoms with Gasteiger partial charge in [-0.05, 0) is 17.5 Å². The maximum Gasteiger partial charge on any atom is 0.304 e. The van der Waals surface area contributed by atoms with Crippen LogP contribution in [0.15, 0.2) is 24.3 Å². The molecule has 18 heavy (non-hydrogen) atoms. The van der Waals surface area contributed by atoms with E-state index < -0.39 is 5.97 Å². The Labute approximate surface area is 109 Å². The number of aryl methyl sites for hydroxylation is 1. The zero-order chi connectivity index (χ0) is 13.6. The summed E-state index contributed by atoms with van der Waals surface area (Å²) >= 11 is 0. The number of carbonyl (C=O) groups is 1. The number of rotatable bonds is 7. The molecule has 1 aromatic carbocycles. The molecule has 0 atom stereocenters. The Hall–Kier alpha value is -1.35. The van der Waals surface area contributed by atoms with Crippen molar-refractivity contribution in [2.75, 3.05) is 13.1 Å². The van der Waals surface area contributed by atoms with E-state index in [1.165, 1.54) is 11.1 Å². The maximum atomic E-state index is 10.4. The molecule has 0 aliphatic carbocycles. The van der Waals surface area contributed by atoms with Crippen molar-refractivity contribution in [2.45, 2.75) is 39.0 Å². The number of hydrogen-bond donors (Lipinski definition) is 2. The summed E-state index contributed by atoms with van der Waals surface area (Å²) in [7, 11) is 0. The highest BCUT2D eigenvalue weighted by Crippen LogP contribution is 2.22. The van der Waals surface area contributed by atoms with Crippen molar-refractivity contribution in [3.63, 3.8) is 0 Å². The van der Waals surface area contributed by atoms with Crippen LogP contribution in [-0.2, 0) is 16.6 Å². The van der Waals surface area contributed by atoms with Crippen LogP contribution in [0.3, 0.4) is 0 Å². The standard InChI is InChI=1S/C15H23NO2/c1-4-12-5-7-13(8-6-12)15(2,3)11-16-10-9-14(17)18/h5-8,16H,4,9-11H2,1-3H3,(H,17,18). The van der Waals surface area contributed by atoms with Gasteiger partial charge in [-0.1, -0.05) is 45.0 Å². The van der Waals surface area contributed by atoms with E-state index in [9.17, 15) is 4.79 Å². The van der Waals surface area contributed by atoms with Crippen LogP contribution in [0.5, 0.6) is 0 Å². The van der Waals surface area contributed by atoms with Crippen LogP contribution in [0.1, 0.15) is 38.3 Å². The van der Waals surface area contributed by atoms with E-state index in [0.717, 1.165) is 13.0 Å². The van der Waals surface area contributed by atoms with Crippen molar-refractivity contribution in [2.24, 2.45) is 0 Å². The molecule has 0 aliphatic rings. The molecule has 0 radical (unpaired) electrons. The van der Waals surface area contributed by atoms with E-state index >= 15 is 0 Å². The minimum Gasteiger partial charge on any atom is -0.481 e. The Morgan fingerprint density at radius 1 is 1.28 bits per heavy atom. The normalized spacial score (nSPS) is 11.5. The Morgan fingerprint density at radius 2 is 1.89 bits per heavy atom. The van der Waals surface area contributed by atoms with Crippen LogP contribution in [-0.4, -0.2) is 24.2 Å². The van der Waals surface area contributed by atoms with Gasteiger partial charge in [0.25, 0.3) is 0 Å². The molecular weight excluding hydrogens is 226 g/mol. The Kier molecular flexibility index (Phi) is 5.35. The molecule has 0 aromatic heterocycles. The molecule has 0 unspecified atom stereocenters. The van der Waals surface area contributed by atoms with Gasteiger partial charge in [-0.3, -0.25) is 4.79 Å². The van der Waals surface area contributed by atoms with Gasteiger partial charge in [-0.2, -0.15) is 0 Å². The third-order valence-corrected chi connectivity index (χ3v) is 3.23. The average molecular weight is 249 g/mol. The summed E-state index contributed by atoms with van der Waals surface area (Å²) in [6.07, 6.45) is 1.22. The first kappa shape index (κ1) is 14.7. The second-order valence-electron chi connectivity index (χ2n) is 5.25. The molecule has 2 N–H and O–H groups in total. The van der Waals surface area contributed by atoms with Crippen LogP contribution in [0, 0.1) is 0 Å². The van der Waals surface area contributed by atoms with Gasteiger partial charge in [-0.15, -0.1) is 0 Å². The van der Waals surface area contributed by atoms with Gasteiger partial charge in [0.2, 0.25) is 0 Å². The summed E-state index contributed by atoms with van der Waals surface area (Å²) in [5.74, 6) is -0.757. The van der Waals surface area contributed by atoms with Gasteiger partial charge < -0.3 is 10.4 Å². The smallest absolute Gasteiger partial charge is 0.304 e. The summed E-state index contributed by atoms with van der Waals surface area (Å²) < 4.78 is 0. The van der Waals surface area contributed by atoms with Crippen LogP contribution in [0.25, 0.3) is 0 Å². The lowest BCUT2D eigenvalue weighted by molar-refractivity contribution is -0.136. The van der Waals surface area contributed by atoms with E-state index in [0.29, 0.717) is 6.54 Å². The molecule has 0 heterocycles. The third kappa shape index (κ3) is 4.49. The van der Waals surface area contributed by atoms with E-state index in [2.05, 4.69) is 50.4 Å². The van der Waals surface area contributed by atoms with Crippen molar-refractivity contribution in [1.82, 2.24) is 5.32 Å². The first-order chi connectivity index (χ1) is 8.45. The molecular formula is C15H23NO2. The van der Waals surface area contributed by atoms with Gasteiger partial charge in [0, 0.05) is 18.5 Å². The highest BCUT2D eigenvalue weighted by atomic mass is 16.4. The van der Waals surface area contributed by atoms with Crippen LogP contribution >= 0.6 is 0 Å². The second kappa shape index (κ2) is 6.55. The molecule has 0 bridgehead atoms. The zero-order valence-electron chi connectivity index (χ0n) is 11.5. The van der Waals surface area contributed by atoms with Gasteiger partial charge in [0.05, 0.1) is 6.42 Å². The number of nitrogens with one attached hydrogen (secondary N) is 1. The lowest BCUT2D eigenvalue weighted by Crippen LogP contribution is -2.34. The Balaban J connectivity index is 2.53. The number of carboxylic acids is 1. The molecule has 1 rings (SSSR count). The lowest BCUT2D eigenvalue weighted by atomic mass is 9.84. The van der Waals surface area contributed by atoms with Crippen molar-refractivity contribution in [3.05, 3.63) is 35.4 Å². The topological polar surface area (TPSA) is 49.3 Å². The fraction of sp³-hybridized carbons (Fsp3) is 0.533. The molecule has 0 spiro atoms. The van der Waals surface area contributed by atoms with Gasteiger partial charge in [0.1, 0.15) is 0 Å². The lowest BCUT2D eigenvalue weighted by Gasteiger charge is -2.26. The molecule has 0 amide bonds. The third-order valence-electron chi connectivity index (χ3n) is 3.23. The monoisotopic (exact) mass is 249 g/mol. The highest BCUT2D eigenvalue weighted by molar-refractivity contribution is 5.66. The number of aliphatic carboxylic acids is 1. The number of benzene rings is 1. The van der Waals surface area contributed by atoms with E-state index in [1.807, 2.05) is 0 Å².